The van der Waals surface area contributed by atoms with Crippen molar-refractivity contribution >= 4 is 57.9 Å². The molecule has 1 aliphatic rings. The SMILES string of the molecule is CN(C)c1ccc(/C=N/N2C(=O)/C(=C\c3cccc([N+](=O)[O-])c3)SC2=S)cc1. The predicted octanol–water partition coefficient (Wildman–Crippen LogP) is 3.90. The summed E-state index contributed by atoms with van der Waals surface area (Å²) in [6.45, 7) is 0. The first-order chi connectivity index (χ1) is 13.3. The number of hydrogen-bond donors (Lipinski definition) is 0. The molecular formula is C19H16N4O3S2. The van der Waals surface area contributed by atoms with E-state index in [0.29, 0.717) is 14.8 Å². The molecule has 2 aromatic carbocycles. The topological polar surface area (TPSA) is 79.0 Å². The molecule has 1 saturated heterocycles. The number of nitro groups is 1. The molecule has 0 saturated carbocycles. The maximum absolute atomic E-state index is 12.6. The van der Waals surface area contributed by atoms with Crippen LogP contribution < -0.4 is 4.90 Å². The molecule has 1 aliphatic heterocycles. The summed E-state index contributed by atoms with van der Waals surface area (Å²) >= 11 is 6.36. The number of anilines is 1. The molecule has 3 rings (SSSR count). The van der Waals surface area contributed by atoms with E-state index in [-0.39, 0.29) is 11.6 Å². The van der Waals surface area contributed by atoms with E-state index in [1.807, 2.05) is 43.3 Å². The Morgan fingerprint density at radius 2 is 1.89 bits per heavy atom. The molecule has 28 heavy (non-hydrogen) atoms. The summed E-state index contributed by atoms with van der Waals surface area (Å²) in [4.78, 5) is 25.4. The van der Waals surface area contributed by atoms with Crippen LogP contribution in [-0.2, 0) is 4.79 Å². The van der Waals surface area contributed by atoms with E-state index in [9.17, 15) is 14.9 Å². The first-order valence-electron chi connectivity index (χ1n) is 8.19. The van der Waals surface area contributed by atoms with Gasteiger partial charge in [0.05, 0.1) is 16.0 Å². The van der Waals surface area contributed by atoms with Crippen LogP contribution in [0.3, 0.4) is 0 Å². The second-order valence-electron chi connectivity index (χ2n) is 6.08. The van der Waals surface area contributed by atoms with Crippen LogP contribution in [0.5, 0.6) is 0 Å². The molecule has 1 amide bonds. The molecule has 0 aliphatic carbocycles. The fourth-order valence-corrected chi connectivity index (χ4v) is 3.59. The Hall–Kier alpha value is -3.04. The minimum absolute atomic E-state index is 0.0385. The zero-order chi connectivity index (χ0) is 20.3. The number of thiocarbonyl (C=S) groups is 1. The van der Waals surface area contributed by atoms with Gasteiger partial charge < -0.3 is 4.90 Å². The van der Waals surface area contributed by atoms with Gasteiger partial charge in [-0.05, 0) is 41.6 Å². The second-order valence-corrected chi connectivity index (χ2v) is 7.75. The van der Waals surface area contributed by atoms with Gasteiger partial charge >= 0.3 is 0 Å². The third-order valence-corrected chi connectivity index (χ3v) is 5.17. The number of amides is 1. The molecule has 0 atom stereocenters. The average Bonchev–Trinajstić information content (AvgIpc) is 2.93. The molecule has 1 heterocycles. The van der Waals surface area contributed by atoms with Gasteiger partial charge in [-0.3, -0.25) is 14.9 Å². The highest BCUT2D eigenvalue weighted by Gasteiger charge is 2.32. The van der Waals surface area contributed by atoms with Crippen molar-refractivity contribution in [1.29, 1.82) is 0 Å². The smallest absolute Gasteiger partial charge is 0.286 e. The number of nitrogens with zero attached hydrogens (tertiary/aromatic N) is 4. The molecular weight excluding hydrogens is 396 g/mol. The Balaban J connectivity index is 1.78. The average molecular weight is 412 g/mol. The minimum atomic E-state index is -0.478. The molecule has 1 fully saturated rings. The number of carbonyl (C=O) groups excluding carboxylic acids is 1. The maximum Gasteiger partial charge on any atom is 0.286 e. The third kappa shape index (κ3) is 4.44. The standard InChI is InChI=1S/C19H16N4O3S2/c1-21(2)15-8-6-13(7-9-15)12-20-22-18(24)17(28-19(22)27)11-14-4-3-5-16(10-14)23(25)26/h3-12H,1-2H3/b17-11+,20-12+. The maximum atomic E-state index is 12.6. The van der Waals surface area contributed by atoms with Gasteiger partial charge in [0, 0.05) is 31.9 Å². The number of thioether (sulfide) groups is 1. The summed E-state index contributed by atoms with van der Waals surface area (Å²) in [5.41, 5.74) is 2.41. The van der Waals surface area contributed by atoms with Gasteiger partial charge in [0.15, 0.2) is 4.32 Å². The minimum Gasteiger partial charge on any atom is -0.378 e. The molecule has 0 unspecified atom stereocenters. The van der Waals surface area contributed by atoms with Crippen LogP contribution in [0.25, 0.3) is 6.08 Å². The van der Waals surface area contributed by atoms with Crippen molar-refractivity contribution in [1.82, 2.24) is 5.01 Å². The molecule has 0 aromatic heterocycles. The Kier molecular flexibility index (Phi) is 5.86. The van der Waals surface area contributed by atoms with Crippen molar-refractivity contribution < 1.29 is 9.72 Å². The van der Waals surface area contributed by atoms with Crippen LogP contribution in [0.1, 0.15) is 11.1 Å². The van der Waals surface area contributed by atoms with Crippen molar-refractivity contribution in [2.24, 2.45) is 5.10 Å². The highest BCUT2D eigenvalue weighted by atomic mass is 32.2. The van der Waals surface area contributed by atoms with Gasteiger partial charge in [-0.2, -0.15) is 10.1 Å². The quantitative estimate of drug-likeness (QED) is 0.244. The largest absolute Gasteiger partial charge is 0.378 e. The van der Waals surface area contributed by atoms with E-state index in [1.165, 1.54) is 12.1 Å². The number of rotatable bonds is 5. The lowest BCUT2D eigenvalue weighted by atomic mass is 10.2. The molecule has 9 heteroatoms. The summed E-state index contributed by atoms with van der Waals surface area (Å²) in [5, 5.41) is 16.3. The number of non-ortho nitro benzene ring substituents is 1. The molecule has 7 nitrogen and oxygen atoms in total. The van der Waals surface area contributed by atoms with E-state index < -0.39 is 4.92 Å². The molecule has 2 aromatic rings. The van der Waals surface area contributed by atoms with Crippen LogP contribution in [0.4, 0.5) is 11.4 Å². The molecule has 0 bridgehead atoms. The fraction of sp³-hybridized carbons (Fsp3) is 0.105. The van der Waals surface area contributed by atoms with Crippen molar-refractivity contribution in [3.8, 4) is 0 Å². The van der Waals surface area contributed by atoms with E-state index in [2.05, 4.69) is 5.10 Å². The Bertz CT molecular complexity index is 1000. The van der Waals surface area contributed by atoms with Crippen molar-refractivity contribution in [3.05, 3.63) is 74.7 Å². The summed E-state index contributed by atoms with van der Waals surface area (Å²) < 4.78 is 0.308. The van der Waals surface area contributed by atoms with E-state index in [0.717, 1.165) is 28.0 Å². The van der Waals surface area contributed by atoms with Gasteiger partial charge in [0.25, 0.3) is 11.6 Å². The van der Waals surface area contributed by atoms with Gasteiger partial charge in [0.1, 0.15) is 0 Å². The first-order valence-corrected chi connectivity index (χ1v) is 9.41. The summed E-state index contributed by atoms with van der Waals surface area (Å²) in [6, 6.07) is 13.8. The summed E-state index contributed by atoms with van der Waals surface area (Å²) in [5.74, 6) is -0.359. The molecule has 0 N–H and O–H groups in total. The lowest BCUT2D eigenvalue weighted by Gasteiger charge is -2.12. The van der Waals surface area contributed by atoms with Gasteiger partial charge in [-0.25, -0.2) is 0 Å². The first kappa shape index (κ1) is 19.7. The third-order valence-electron chi connectivity index (χ3n) is 3.88. The molecule has 0 spiro atoms. The summed E-state index contributed by atoms with van der Waals surface area (Å²) in [6.07, 6.45) is 3.15. The zero-order valence-corrected chi connectivity index (χ0v) is 16.7. The molecule has 142 valence electrons. The van der Waals surface area contributed by atoms with Gasteiger partial charge in [-0.15, -0.1) is 0 Å². The van der Waals surface area contributed by atoms with Crippen LogP contribution in [0.15, 0.2) is 58.5 Å². The van der Waals surface area contributed by atoms with Crippen molar-refractivity contribution in [2.75, 3.05) is 19.0 Å². The number of carbonyl (C=O) groups is 1. The zero-order valence-electron chi connectivity index (χ0n) is 15.1. The number of hydrazone groups is 1. The number of benzene rings is 2. The van der Waals surface area contributed by atoms with E-state index in [4.69, 9.17) is 12.2 Å². The van der Waals surface area contributed by atoms with Crippen LogP contribution in [-0.4, -0.2) is 40.5 Å². The normalized spacial score (nSPS) is 15.6. The van der Waals surface area contributed by atoms with E-state index in [1.54, 1.807) is 24.4 Å². The van der Waals surface area contributed by atoms with Crippen LogP contribution in [0.2, 0.25) is 0 Å². The predicted molar refractivity (Wildman–Crippen MR) is 116 cm³/mol. The second kappa shape index (κ2) is 8.32. The van der Waals surface area contributed by atoms with Gasteiger partial charge in [-0.1, -0.05) is 36.0 Å². The van der Waals surface area contributed by atoms with Gasteiger partial charge in [0.2, 0.25) is 0 Å². The lowest BCUT2D eigenvalue weighted by Crippen LogP contribution is -2.22. The van der Waals surface area contributed by atoms with Crippen LogP contribution >= 0.6 is 24.0 Å². The van der Waals surface area contributed by atoms with E-state index >= 15 is 0 Å². The van der Waals surface area contributed by atoms with Crippen LogP contribution in [0, 0.1) is 10.1 Å². The number of nitro benzene ring substituents is 1. The van der Waals surface area contributed by atoms with Crippen molar-refractivity contribution in [3.63, 3.8) is 0 Å². The monoisotopic (exact) mass is 412 g/mol. The Morgan fingerprint density at radius 1 is 1.18 bits per heavy atom. The number of hydrogen-bond acceptors (Lipinski definition) is 7. The lowest BCUT2D eigenvalue weighted by molar-refractivity contribution is -0.384. The Labute approximate surface area is 171 Å². The fourth-order valence-electron chi connectivity index (χ4n) is 2.42. The summed E-state index contributed by atoms with van der Waals surface area (Å²) in [7, 11) is 3.91. The molecule has 0 radical (unpaired) electrons. The highest BCUT2D eigenvalue weighted by molar-refractivity contribution is 8.26. The Morgan fingerprint density at radius 3 is 2.54 bits per heavy atom. The highest BCUT2D eigenvalue weighted by Crippen LogP contribution is 2.33. The van der Waals surface area contributed by atoms with Crippen molar-refractivity contribution in [2.45, 2.75) is 0 Å².